The first-order chi connectivity index (χ1) is 15.1. The molecule has 2 N–H and O–H groups in total. The quantitative estimate of drug-likeness (QED) is 0.541. The zero-order valence-electron chi connectivity index (χ0n) is 16.9. The van der Waals surface area contributed by atoms with Crippen molar-refractivity contribution in [3.63, 3.8) is 0 Å². The van der Waals surface area contributed by atoms with E-state index in [4.69, 9.17) is 14.2 Å². The van der Waals surface area contributed by atoms with Crippen molar-refractivity contribution in [2.75, 3.05) is 51.5 Å². The van der Waals surface area contributed by atoms with E-state index in [-0.39, 0.29) is 29.3 Å². The van der Waals surface area contributed by atoms with Crippen LogP contribution in [0, 0.1) is 0 Å². The van der Waals surface area contributed by atoms with Crippen molar-refractivity contribution in [2.45, 2.75) is 0 Å². The van der Waals surface area contributed by atoms with Crippen LogP contribution in [-0.2, 0) is 9.47 Å². The molecule has 0 spiro atoms. The number of rotatable bonds is 7. The van der Waals surface area contributed by atoms with Gasteiger partial charge in [-0.05, 0) is 12.1 Å². The van der Waals surface area contributed by atoms with E-state index in [0.717, 1.165) is 0 Å². The summed E-state index contributed by atoms with van der Waals surface area (Å²) >= 11 is 0. The zero-order chi connectivity index (χ0) is 21.8. The predicted octanol–water partition coefficient (Wildman–Crippen LogP) is 1.96. The Balaban J connectivity index is 1.95. The number of ether oxygens (including phenoxy) is 3. The highest BCUT2D eigenvalue weighted by molar-refractivity contribution is 5.97. The number of carbonyl (C=O) groups is 1. The van der Waals surface area contributed by atoms with E-state index < -0.39 is 5.97 Å². The molecule has 0 aliphatic carbocycles. The number of carboxylic acids is 1. The van der Waals surface area contributed by atoms with E-state index in [0.29, 0.717) is 55.6 Å². The van der Waals surface area contributed by atoms with Gasteiger partial charge < -0.3 is 29.3 Å². The second kappa shape index (κ2) is 9.11. The third kappa shape index (κ3) is 4.49. The SMILES string of the molecule is COCCOc1cc(C(=O)O)nc2c(-c3cccc(O)c3)nc(N3CCOCC3)nc12. The summed E-state index contributed by atoms with van der Waals surface area (Å²) in [5, 5.41) is 19.5. The number of aromatic nitrogens is 3. The van der Waals surface area contributed by atoms with Crippen molar-refractivity contribution < 1.29 is 29.2 Å². The number of nitrogens with zero attached hydrogens (tertiary/aromatic N) is 4. The lowest BCUT2D eigenvalue weighted by atomic mass is 10.1. The first kappa shape index (κ1) is 20.8. The molecule has 2 aromatic heterocycles. The average molecular weight is 426 g/mol. The number of methoxy groups -OCH3 is 1. The van der Waals surface area contributed by atoms with Gasteiger partial charge in [-0.2, -0.15) is 0 Å². The number of aromatic carboxylic acids is 1. The van der Waals surface area contributed by atoms with Crippen LogP contribution < -0.4 is 9.64 Å². The molecule has 3 heterocycles. The Morgan fingerprint density at radius 2 is 1.94 bits per heavy atom. The van der Waals surface area contributed by atoms with Gasteiger partial charge in [0.15, 0.2) is 5.69 Å². The van der Waals surface area contributed by atoms with Crippen molar-refractivity contribution in [3.05, 3.63) is 36.0 Å². The average Bonchev–Trinajstić information content (AvgIpc) is 2.79. The molecule has 4 rings (SSSR count). The van der Waals surface area contributed by atoms with Crippen LogP contribution in [0.2, 0.25) is 0 Å². The number of hydrogen-bond acceptors (Lipinski definition) is 9. The van der Waals surface area contributed by atoms with Crippen LogP contribution in [0.4, 0.5) is 5.95 Å². The Labute approximate surface area is 178 Å². The van der Waals surface area contributed by atoms with Crippen LogP contribution in [0.15, 0.2) is 30.3 Å². The molecule has 10 heteroatoms. The van der Waals surface area contributed by atoms with Crippen molar-refractivity contribution >= 4 is 23.0 Å². The number of phenols is 1. The molecule has 0 bridgehead atoms. The molecule has 0 saturated carbocycles. The highest BCUT2D eigenvalue weighted by Crippen LogP contribution is 2.34. The van der Waals surface area contributed by atoms with Gasteiger partial charge in [0, 0.05) is 31.8 Å². The molecule has 1 fully saturated rings. The number of phenolic OH excluding ortho intramolecular Hbond substituents is 1. The summed E-state index contributed by atoms with van der Waals surface area (Å²) < 4.78 is 16.3. The number of hydrogen-bond donors (Lipinski definition) is 2. The maximum atomic E-state index is 11.7. The van der Waals surface area contributed by atoms with Gasteiger partial charge in [0.25, 0.3) is 0 Å². The number of morpholine rings is 1. The molecule has 1 aromatic carbocycles. The lowest BCUT2D eigenvalue weighted by molar-refractivity contribution is 0.0690. The molecule has 3 aromatic rings. The van der Waals surface area contributed by atoms with Crippen LogP contribution in [0.5, 0.6) is 11.5 Å². The number of benzene rings is 1. The largest absolute Gasteiger partial charge is 0.508 e. The monoisotopic (exact) mass is 426 g/mol. The minimum absolute atomic E-state index is 0.0585. The number of anilines is 1. The van der Waals surface area contributed by atoms with Crippen molar-refractivity contribution in [1.82, 2.24) is 15.0 Å². The van der Waals surface area contributed by atoms with E-state index in [2.05, 4.69) is 15.0 Å². The minimum Gasteiger partial charge on any atom is -0.508 e. The fourth-order valence-corrected chi connectivity index (χ4v) is 3.28. The van der Waals surface area contributed by atoms with Crippen LogP contribution in [0.3, 0.4) is 0 Å². The highest BCUT2D eigenvalue weighted by Gasteiger charge is 2.22. The maximum absolute atomic E-state index is 11.7. The summed E-state index contributed by atoms with van der Waals surface area (Å²) in [4.78, 5) is 27.3. The summed E-state index contributed by atoms with van der Waals surface area (Å²) in [5.41, 5.74) is 1.46. The molecule has 0 radical (unpaired) electrons. The molecule has 1 aliphatic rings. The van der Waals surface area contributed by atoms with Gasteiger partial charge in [-0.1, -0.05) is 12.1 Å². The summed E-state index contributed by atoms with van der Waals surface area (Å²) in [5.74, 6) is -0.408. The fraction of sp³-hybridized carbons (Fsp3) is 0.333. The molecule has 1 aliphatic heterocycles. The van der Waals surface area contributed by atoms with E-state index in [1.807, 2.05) is 4.90 Å². The lowest BCUT2D eigenvalue weighted by Crippen LogP contribution is -2.37. The van der Waals surface area contributed by atoms with Crippen molar-refractivity contribution in [1.29, 1.82) is 0 Å². The molecule has 10 nitrogen and oxygen atoms in total. The third-order valence-corrected chi connectivity index (χ3v) is 4.78. The van der Waals surface area contributed by atoms with Crippen molar-refractivity contribution in [2.24, 2.45) is 0 Å². The number of aromatic hydroxyl groups is 1. The first-order valence-electron chi connectivity index (χ1n) is 9.76. The molecule has 31 heavy (non-hydrogen) atoms. The van der Waals surface area contributed by atoms with Gasteiger partial charge in [-0.25, -0.2) is 19.7 Å². The van der Waals surface area contributed by atoms with Gasteiger partial charge in [0.2, 0.25) is 5.95 Å². The van der Waals surface area contributed by atoms with E-state index >= 15 is 0 Å². The highest BCUT2D eigenvalue weighted by atomic mass is 16.5. The summed E-state index contributed by atoms with van der Waals surface area (Å²) in [6.07, 6.45) is 0. The second-order valence-corrected chi connectivity index (χ2v) is 6.87. The number of pyridine rings is 1. The second-order valence-electron chi connectivity index (χ2n) is 6.87. The zero-order valence-corrected chi connectivity index (χ0v) is 16.9. The van der Waals surface area contributed by atoms with Gasteiger partial charge in [0.1, 0.15) is 34.8 Å². The summed E-state index contributed by atoms with van der Waals surface area (Å²) in [6, 6.07) is 7.90. The van der Waals surface area contributed by atoms with E-state index in [1.165, 1.54) is 6.07 Å². The van der Waals surface area contributed by atoms with Crippen LogP contribution in [-0.4, -0.2) is 77.8 Å². The van der Waals surface area contributed by atoms with Gasteiger partial charge >= 0.3 is 5.97 Å². The van der Waals surface area contributed by atoms with E-state index in [9.17, 15) is 15.0 Å². The Morgan fingerprint density at radius 3 is 2.65 bits per heavy atom. The Kier molecular flexibility index (Phi) is 6.10. The summed E-state index contributed by atoms with van der Waals surface area (Å²) in [7, 11) is 1.55. The van der Waals surface area contributed by atoms with Crippen LogP contribution >= 0.6 is 0 Å². The van der Waals surface area contributed by atoms with Crippen LogP contribution in [0.25, 0.3) is 22.3 Å². The number of carboxylic acid groups (broad SMARTS) is 1. The van der Waals surface area contributed by atoms with E-state index in [1.54, 1.807) is 31.4 Å². The Bertz CT molecular complexity index is 1100. The number of fused-ring (bicyclic) bond motifs is 1. The van der Waals surface area contributed by atoms with Gasteiger partial charge in [-0.15, -0.1) is 0 Å². The van der Waals surface area contributed by atoms with Gasteiger partial charge in [-0.3, -0.25) is 0 Å². The lowest BCUT2D eigenvalue weighted by Gasteiger charge is -2.27. The normalized spacial score (nSPS) is 14.0. The van der Waals surface area contributed by atoms with Crippen molar-refractivity contribution in [3.8, 4) is 22.8 Å². The molecular weight excluding hydrogens is 404 g/mol. The Morgan fingerprint density at radius 1 is 1.13 bits per heavy atom. The standard InChI is InChI=1S/C21H22N4O6/c1-29-9-10-31-16-12-15(20(27)28)22-19-17(13-3-2-4-14(26)11-13)23-21(24-18(16)19)25-5-7-30-8-6-25/h2-4,11-12,26H,5-10H2,1H3,(H,27,28). The molecule has 162 valence electrons. The van der Waals surface area contributed by atoms with Gasteiger partial charge in [0.05, 0.1) is 19.8 Å². The summed E-state index contributed by atoms with van der Waals surface area (Å²) in [6.45, 7) is 2.88. The molecule has 0 unspecified atom stereocenters. The minimum atomic E-state index is -1.20. The first-order valence-corrected chi connectivity index (χ1v) is 9.76. The topological polar surface area (TPSA) is 127 Å². The Hall–Kier alpha value is -3.50. The fourth-order valence-electron chi connectivity index (χ4n) is 3.28. The third-order valence-electron chi connectivity index (χ3n) is 4.78. The molecule has 1 saturated heterocycles. The molecule has 0 amide bonds. The smallest absolute Gasteiger partial charge is 0.354 e. The van der Waals surface area contributed by atoms with Crippen LogP contribution in [0.1, 0.15) is 10.5 Å². The predicted molar refractivity (Wildman–Crippen MR) is 112 cm³/mol. The maximum Gasteiger partial charge on any atom is 0.354 e. The molecule has 0 atom stereocenters. The molecular formula is C21H22N4O6.